The molecule has 1 N–H and O–H groups in total. The van der Waals surface area contributed by atoms with Gasteiger partial charge in [-0.3, -0.25) is 0 Å². The molecule has 2 rings (SSSR count). The Hall–Kier alpha value is -0.210. The summed E-state index contributed by atoms with van der Waals surface area (Å²) in [5, 5.41) is 4.37. The largest absolute Gasteiger partial charge is 0.382 e. The van der Waals surface area contributed by atoms with Crippen molar-refractivity contribution in [2.24, 2.45) is 5.92 Å². The lowest BCUT2D eigenvalue weighted by molar-refractivity contribution is 0.330. The molecule has 1 nitrogen and oxygen atoms in total. The quantitative estimate of drug-likeness (QED) is 0.778. The van der Waals surface area contributed by atoms with Crippen molar-refractivity contribution in [3.63, 3.8) is 0 Å². The average Bonchev–Trinajstić information content (AvgIpc) is 2.35. The van der Waals surface area contributed by atoms with Gasteiger partial charge in [0, 0.05) is 16.2 Å². The highest BCUT2D eigenvalue weighted by Crippen LogP contribution is 2.30. The Bertz CT molecular complexity index is 372. The van der Waals surface area contributed by atoms with E-state index in [2.05, 4.69) is 40.3 Å². The molecule has 3 heteroatoms. The maximum atomic E-state index is 5.99. The summed E-state index contributed by atoms with van der Waals surface area (Å²) in [5.41, 5.74) is 1.17. The minimum absolute atomic E-state index is 0.630. The number of hydrogen-bond donors (Lipinski definition) is 1. The molecule has 1 aromatic carbocycles. The molecular weight excluding hydrogens is 298 g/mol. The van der Waals surface area contributed by atoms with Gasteiger partial charge in [0.15, 0.2) is 0 Å². The van der Waals surface area contributed by atoms with Gasteiger partial charge >= 0.3 is 0 Å². The lowest BCUT2D eigenvalue weighted by Crippen LogP contribution is -2.25. The second-order valence-corrected chi connectivity index (χ2v) is 6.16. The standard InChI is InChI=1S/C14H19BrClN/c1-2-10-3-5-11(6-4-10)17-12-7-8-14(16)13(15)9-12/h7-11,17H,2-6H2,1H3. The summed E-state index contributed by atoms with van der Waals surface area (Å²) < 4.78 is 0.964. The molecule has 0 atom stereocenters. The Morgan fingerprint density at radius 2 is 2.00 bits per heavy atom. The number of hydrogen-bond acceptors (Lipinski definition) is 1. The molecule has 0 amide bonds. The van der Waals surface area contributed by atoms with Gasteiger partial charge in [-0.05, 0) is 65.7 Å². The molecule has 0 aliphatic heterocycles. The van der Waals surface area contributed by atoms with Gasteiger partial charge in [0.05, 0.1) is 5.02 Å². The Labute approximate surface area is 117 Å². The molecule has 17 heavy (non-hydrogen) atoms. The molecular formula is C14H19BrClN. The SMILES string of the molecule is CCC1CCC(Nc2ccc(Cl)c(Br)c2)CC1. The first-order chi connectivity index (χ1) is 8.19. The van der Waals surface area contributed by atoms with Crippen LogP contribution in [0.15, 0.2) is 22.7 Å². The zero-order chi connectivity index (χ0) is 12.3. The first kappa shape index (κ1) is 13.2. The lowest BCUT2D eigenvalue weighted by Gasteiger charge is -2.29. The monoisotopic (exact) mass is 315 g/mol. The third-order valence-electron chi connectivity index (χ3n) is 3.71. The summed E-state index contributed by atoms with van der Waals surface area (Å²) in [5.74, 6) is 0.949. The van der Waals surface area contributed by atoms with Crippen molar-refractivity contribution in [2.75, 3.05) is 5.32 Å². The van der Waals surface area contributed by atoms with E-state index >= 15 is 0 Å². The maximum Gasteiger partial charge on any atom is 0.0549 e. The molecule has 0 radical (unpaired) electrons. The highest BCUT2D eigenvalue weighted by Gasteiger charge is 2.19. The number of anilines is 1. The van der Waals surface area contributed by atoms with Crippen LogP contribution in [0.4, 0.5) is 5.69 Å². The van der Waals surface area contributed by atoms with Gasteiger partial charge in [0.2, 0.25) is 0 Å². The molecule has 0 heterocycles. The molecule has 0 unspecified atom stereocenters. The molecule has 1 fully saturated rings. The van der Waals surface area contributed by atoms with Crippen molar-refractivity contribution in [2.45, 2.75) is 45.1 Å². The van der Waals surface area contributed by atoms with Crippen molar-refractivity contribution in [1.29, 1.82) is 0 Å². The van der Waals surface area contributed by atoms with Gasteiger partial charge in [-0.25, -0.2) is 0 Å². The summed E-state index contributed by atoms with van der Waals surface area (Å²) in [6, 6.07) is 6.68. The molecule has 0 aromatic heterocycles. The van der Waals surface area contributed by atoms with Gasteiger partial charge in [-0.2, -0.15) is 0 Å². The smallest absolute Gasteiger partial charge is 0.0549 e. The van der Waals surface area contributed by atoms with E-state index < -0.39 is 0 Å². The molecule has 1 aromatic rings. The number of benzene rings is 1. The zero-order valence-corrected chi connectivity index (χ0v) is 12.5. The fraction of sp³-hybridized carbons (Fsp3) is 0.571. The van der Waals surface area contributed by atoms with Crippen molar-refractivity contribution < 1.29 is 0 Å². The molecule has 0 saturated heterocycles. The summed E-state index contributed by atoms with van der Waals surface area (Å²) >= 11 is 9.45. The Kier molecular flexibility index (Phi) is 4.75. The third kappa shape index (κ3) is 3.62. The lowest BCUT2D eigenvalue weighted by atomic mass is 9.84. The topological polar surface area (TPSA) is 12.0 Å². The number of halogens is 2. The van der Waals surface area contributed by atoms with Crippen LogP contribution in [0.1, 0.15) is 39.0 Å². The summed E-state index contributed by atoms with van der Waals surface area (Å²) in [7, 11) is 0. The second kappa shape index (κ2) is 6.10. The van der Waals surface area contributed by atoms with Crippen LogP contribution in [0.5, 0.6) is 0 Å². The van der Waals surface area contributed by atoms with Crippen molar-refractivity contribution in [3.8, 4) is 0 Å². The van der Waals surface area contributed by atoms with Gasteiger partial charge in [-0.15, -0.1) is 0 Å². The predicted octanol–water partition coefficient (Wildman–Crippen LogP) is 5.48. The van der Waals surface area contributed by atoms with E-state index in [0.717, 1.165) is 15.4 Å². The van der Waals surface area contributed by atoms with Gasteiger partial charge in [0.1, 0.15) is 0 Å². The minimum atomic E-state index is 0.630. The van der Waals surface area contributed by atoms with Crippen LogP contribution in [-0.4, -0.2) is 6.04 Å². The van der Waals surface area contributed by atoms with Crippen molar-refractivity contribution >= 4 is 33.2 Å². The fourth-order valence-corrected chi connectivity index (χ4v) is 3.03. The molecule has 1 aliphatic carbocycles. The van der Waals surface area contributed by atoms with Crippen LogP contribution in [0.25, 0.3) is 0 Å². The van der Waals surface area contributed by atoms with E-state index in [9.17, 15) is 0 Å². The van der Waals surface area contributed by atoms with Gasteiger partial charge < -0.3 is 5.32 Å². The Balaban J connectivity index is 1.91. The second-order valence-electron chi connectivity index (χ2n) is 4.90. The first-order valence-corrected chi connectivity index (χ1v) is 7.57. The van der Waals surface area contributed by atoms with Crippen LogP contribution in [0.2, 0.25) is 5.02 Å². The van der Waals surface area contributed by atoms with E-state index in [1.165, 1.54) is 37.8 Å². The van der Waals surface area contributed by atoms with E-state index in [4.69, 9.17) is 11.6 Å². The van der Waals surface area contributed by atoms with Crippen LogP contribution in [-0.2, 0) is 0 Å². The van der Waals surface area contributed by atoms with Crippen molar-refractivity contribution in [1.82, 2.24) is 0 Å². The summed E-state index contributed by atoms with van der Waals surface area (Å²) in [6.45, 7) is 2.30. The van der Waals surface area contributed by atoms with Gasteiger partial charge in [-0.1, -0.05) is 24.9 Å². The van der Waals surface area contributed by atoms with Crippen LogP contribution >= 0.6 is 27.5 Å². The van der Waals surface area contributed by atoms with Crippen LogP contribution in [0, 0.1) is 5.92 Å². The maximum absolute atomic E-state index is 5.99. The number of rotatable bonds is 3. The number of nitrogens with one attached hydrogen (secondary N) is 1. The molecule has 0 bridgehead atoms. The van der Waals surface area contributed by atoms with Crippen LogP contribution in [0.3, 0.4) is 0 Å². The Morgan fingerprint density at radius 1 is 1.29 bits per heavy atom. The molecule has 94 valence electrons. The predicted molar refractivity (Wildman–Crippen MR) is 78.8 cm³/mol. The average molecular weight is 317 g/mol. The molecule has 1 saturated carbocycles. The highest BCUT2D eigenvalue weighted by molar-refractivity contribution is 9.10. The van der Waals surface area contributed by atoms with E-state index in [1.54, 1.807) is 0 Å². The normalized spacial score (nSPS) is 24.6. The summed E-state index contributed by atoms with van der Waals surface area (Å²) in [4.78, 5) is 0. The first-order valence-electron chi connectivity index (χ1n) is 6.40. The Morgan fingerprint density at radius 3 is 2.59 bits per heavy atom. The van der Waals surface area contributed by atoms with E-state index in [-0.39, 0.29) is 0 Å². The van der Waals surface area contributed by atoms with Gasteiger partial charge in [0.25, 0.3) is 0 Å². The third-order valence-corrected chi connectivity index (χ3v) is 4.93. The molecule has 1 aliphatic rings. The van der Waals surface area contributed by atoms with Crippen LogP contribution < -0.4 is 5.32 Å². The minimum Gasteiger partial charge on any atom is -0.382 e. The van der Waals surface area contributed by atoms with Crippen molar-refractivity contribution in [3.05, 3.63) is 27.7 Å². The summed E-state index contributed by atoms with van der Waals surface area (Å²) in [6.07, 6.45) is 6.64. The highest BCUT2D eigenvalue weighted by atomic mass is 79.9. The van der Waals surface area contributed by atoms with E-state index in [0.29, 0.717) is 6.04 Å². The molecule has 0 spiro atoms. The van der Waals surface area contributed by atoms with E-state index in [1.807, 2.05) is 6.07 Å². The fourth-order valence-electron chi connectivity index (χ4n) is 2.54. The zero-order valence-electron chi connectivity index (χ0n) is 10.2.